The second-order valence-corrected chi connectivity index (χ2v) is 1.47. The standard InChI is InChI=1S/C4H9N3/c1-2-5-4-7-6-3-1/h4,6H,1-3H2,(H,5,7). The van der Waals surface area contributed by atoms with Crippen LogP contribution >= 0.6 is 0 Å². The topological polar surface area (TPSA) is 36.4 Å². The predicted octanol–water partition coefficient (Wildman–Crippen LogP) is -0.487. The van der Waals surface area contributed by atoms with Crippen molar-refractivity contribution in [1.82, 2.24) is 10.7 Å². The summed E-state index contributed by atoms with van der Waals surface area (Å²) in [6.45, 7) is 2.03. The van der Waals surface area contributed by atoms with Gasteiger partial charge in [-0.15, -0.1) is 0 Å². The first-order valence-electron chi connectivity index (χ1n) is 2.48. The van der Waals surface area contributed by atoms with E-state index in [4.69, 9.17) is 0 Å². The van der Waals surface area contributed by atoms with Gasteiger partial charge in [-0.1, -0.05) is 0 Å². The highest BCUT2D eigenvalue weighted by atomic mass is 15.3. The quantitative estimate of drug-likeness (QED) is 0.430. The largest absolute Gasteiger partial charge is 0.375 e. The van der Waals surface area contributed by atoms with Gasteiger partial charge in [0, 0.05) is 13.1 Å². The zero-order valence-corrected chi connectivity index (χ0v) is 4.15. The van der Waals surface area contributed by atoms with Crippen LogP contribution in [0.4, 0.5) is 0 Å². The molecule has 0 aromatic rings. The molecule has 3 nitrogen and oxygen atoms in total. The van der Waals surface area contributed by atoms with E-state index in [1.807, 2.05) is 0 Å². The number of hydrazone groups is 1. The second kappa shape index (κ2) is 2.44. The molecule has 0 aliphatic carbocycles. The lowest BCUT2D eigenvalue weighted by atomic mass is 10.4. The van der Waals surface area contributed by atoms with Crippen molar-refractivity contribution in [2.24, 2.45) is 5.10 Å². The van der Waals surface area contributed by atoms with Crippen LogP contribution in [0.5, 0.6) is 0 Å². The highest BCUT2D eigenvalue weighted by Crippen LogP contribution is 1.73. The second-order valence-electron chi connectivity index (χ2n) is 1.47. The maximum absolute atomic E-state index is 3.78. The molecule has 0 saturated heterocycles. The van der Waals surface area contributed by atoms with Crippen molar-refractivity contribution in [2.45, 2.75) is 6.42 Å². The lowest BCUT2D eigenvalue weighted by molar-refractivity contribution is 0.702. The first kappa shape index (κ1) is 4.43. The Hall–Kier alpha value is -0.730. The maximum Gasteiger partial charge on any atom is 0.108 e. The van der Waals surface area contributed by atoms with Gasteiger partial charge < -0.3 is 10.7 Å². The van der Waals surface area contributed by atoms with Crippen LogP contribution in [0.3, 0.4) is 0 Å². The molecule has 0 radical (unpaired) electrons. The minimum Gasteiger partial charge on any atom is -0.375 e. The average Bonchev–Trinajstić information content (AvgIpc) is 1.90. The van der Waals surface area contributed by atoms with Crippen molar-refractivity contribution in [3.63, 3.8) is 0 Å². The van der Waals surface area contributed by atoms with E-state index in [0.29, 0.717) is 0 Å². The Balaban J connectivity index is 2.20. The number of rotatable bonds is 0. The van der Waals surface area contributed by atoms with Gasteiger partial charge in [-0.05, 0) is 6.42 Å². The Morgan fingerprint density at radius 3 is 3.43 bits per heavy atom. The summed E-state index contributed by atoms with van der Waals surface area (Å²) in [7, 11) is 0. The Morgan fingerprint density at radius 2 is 2.43 bits per heavy atom. The molecular weight excluding hydrogens is 90.1 g/mol. The van der Waals surface area contributed by atoms with Crippen molar-refractivity contribution in [1.29, 1.82) is 0 Å². The molecule has 1 heterocycles. The predicted molar refractivity (Wildman–Crippen MR) is 29.1 cm³/mol. The molecule has 0 atom stereocenters. The van der Waals surface area contributed by atoms with E-state index in [2.05, 4.69) is 15.8 Å². The van der Waals surface area contributed by atoms with Crippen molar-refractivity contribution >= 4 is 6.34 Å². The van der Waals surface area contributed by atoms with Gasteiger partial charge in [0.1, 0.15) is 6.34 Å². The van der Waals surface area contributed by atoms with Crippen molar-refractivity contribution in [2.75, 3.05) is 13.1 Å². The van der Waals surface area contributed by atoms with E-state index < -0.39 is 0 Å². The van der Waals surface area contributed by atoms with Crippen LogP contribution in [0, 0.1) is 0 Å². The van der Waals surface area contributed by atoms with Crippen LogP contribution in [0.1, 0.15) is 6.42 Å². The van der Waals surface area contributed by atoms with Crippen molar-refractivity contribution < 1.29 is 0 Å². The number of hydrogen-bond donors (Lipinski definition) is 2. The van der Waals surface area contributed by atoms with E-state index in [0.717, 1.165) is 19.5 Å². The summed E-state index contributed by atoms with van der Waals surface area (Å²) in [4.78, 5) is 0. The van der Waals surface area contributed by atoms with Crippen molar-refractivity contribution in [3.05, 3.63) is 0 Å². The third kappa shape index (κ3) is 1.43. The smallest absolute Gasteiger partial charge is 0.108 e. The molecular formula is C4H9N3. The van der Waals surface area contributed by atoms with Crippen LogP contribution < -0.4 is 10.7 Å². The van der Waals surface area contributed by atoms with Crippen LogP contribution in [0.2, 0.25) is 0 Å². The summed E-state index contributed by atoms with van der Waals surface area (Å²) in [5.41, 5.74) is 2.85. The molecule has 0 aromatic heterocycles. The number of hydrogen-bond acceptors (Lipinski definition) is 3. The first-order valence-corrected chi connectivity index (χ1v) is 2.48. The number of nitrogens with one attached hydrogen (secondary N) is 2. The van der Waals surface area contributed by atoms with Gasteiger partial charge in [-0.3, -0.25) is 0 Å². The van der Waals surface area contributed by atoms with Crippen LogP contribution in [0.25, 0.3) is 0 Å². The third-order valence-electron chi connectivity index (χ3n) is 0.857. The normalized spacial score (nSPS) is 19.4. The van der Waals surface area contributed by atoms with Gasteiger partial charge in [0.05, 0.1) is 0 Å². The maximum atomic E-state index is 3.78. The summed E-state index contributed by atoms with van der Waals surface area (Å²) in [6.07, 6.45) is 2.84. The molecule has 3 heteroatoms. The van der Waals surface area contributed by atoms with Crippen LogP contribution in [0.15, 0.2) is 5.10 Å². The average molecular weight is 99.1 g/mol. The Bertz CT molecular complexity index is 61.3. The zero-order valence-electron chi connectivity index (χ0n) is 4.15. The van der Waals surface area contributed by atoms with E-state index >= 15 is 0 Å². The molecule has 1 aliphatic heterocycles. The lowest BCUT2D eigenvalue weighted by Crippen LogP contribution is -2.10. The zero-order chi connectivity index (χ0) is 4.95. The molecule has 0 unspecified atom stereocenters. The fourth-order valence-electron chi connectivity index (χ4n) is 0.490. The van der Waals surface area contributed by atoms with Crippen molar-refractivity contribution in [3.8, 4) is 0 Å². The highest BCUT2D eigenvalue weighted by Gasteiger charge is 1.85. The van der Waals surface area contributed by atoms with Gasteiger partial charge in [0.15, 0.2) is 0 Å². The minimum absolute atomic E-state index is 0.990. The first-order chi connectivity index (χ1) is 3.50. The molecule has 0 aromatic carbocycles. The van der Waals surface area contributed by atoms with Gasteiger partial charge >= 0.3 is 0 Å². The van der Waals surface area contributed by atoms with E-state index in [9.17, 15) is 0 Å². The van der Waals surface area contributed by atoms with E-state index in [-0.39, 0.29) is 0 Å². The monoisotopic (exact) mass is 99.1 g/mol. The van der Waals surface area contributed by atoms with Gasteiger partial charge in [-0.2, -0.15) is 5.10 Å². The van der Waals surface area contributed by atoms with Gasteiger partial charge in [0.25, 0.3) is 0 Å². The number of nitrogens with zero attached hydrogens (tertiary/aromatic N) is 1. The van der Waals surface area contributed by atoms with Crippen LogP contribution in [-0.4, -0.2) is 19.4 Å². The minimum atomic E-state index is 0.990. The Labute approximate surface area is 42.8 Å². The fourth-order valence-corrected chi connectivity index (χ4v) is 0.490. The van der Waals surface area contributed by atoms with Crippen LogP contribution in [-0.2, 0) is 0 Å². The summed E-state index contributed by atoms with van der Waals surface area (Å²) in [6, 6.07) is 0. The molecule has 0 fully saturated rings. The highest BCUT2D eigenvalue weighted by molar-refractivity contribution is 5.53. The SMILES string of the molecule is C1=NNCCCN1. The molecule has 0 amide bonds. The molecule has 0 bridgehead atoms. The van der Waals surface area contributed by atoms with Gasteiger partial charge in [0.2, 0.25) is 0 Å². The molecule has 7 heavy (non-hydrogen) atoms. The summed E-state index contributed by atoms with van der Waals surface area (Å²) >= 11 is 0. The Morgan fingerprint density at radius 1 is 1.43 bits per heavy atom. The lowest BCUT2D eigenvalue weighted by Gasteiger charge is -1.90. The third-order valence-corrected chi connectivity index (χ3v) is 0.857. The summed E-state index contributed by atoms with van der Waals surface area (Å²) < 4.78 is 0. The Kier molecular flexibility index (Phi) is 1.55. The van der Waals surface area contributed by atoms with E-state index in [1.54, 1.807) is 6.34 Å². The summed E-state index contributed by atoms with van der Waals surface area (Å²) in [5.74, 6) is 0. The fraction of sp³-hybridized carbons (Fsp3) is 0.750. The molecule has 0 saturated carbocycles. The van der Waals surface area contributed by atoms with E-state index in [1.165, 1.54) is 0 Å². The molecule has 0 spiro atoms. The summed E-state index contributed by atoms with van der Waals surface area (Å²) in [5, 5.41) is 6.78. The van der Waals surface area contributed by atoms with Gasteiger partial charge in [-0.25, -0.2) is 0 Å². The molecule has 1 rings (SSSR count). The molecule has 40 valence electrons. The molecule has 1 aliphatic rings. The molecule has 2 N–H and O–H groups in total.